The van der Waals surface area contributed by atoms with E-state index >= 15 is 0 Å². The zero-order valence-corrected chi connectivity index (χ0v) is 14.5. The second-order valence-electron chi connectivity index (χ2n) is 6.83. The maximum atomic E-state index is 12.4. The van der Waals surface area contributed by atoms with Crippen molar-refractivity contribution in [1.29, 1.82) is 0 Å². The van der Waals surface area contributed by atoms with Crippen LogP contribution in [0, 0.1) is 0 Å². The number of aryl methyl sites for hydroxylation is 1. The van der Waals surface area contributed by atoms with Gasteiger partial charge in [0.1, 0.15) is 5.75 Å². The quantitative estimate of drug-likeness (QED) is 0.933. The lowest BCUT2D eigenvalue weighted by Crippen LogP contribution is -2.37. The second-order valence-corrected chi connectivity index (χ2v) is 6.83. The molecule has 0 radical (unpaired) electrons. The first-order valence-corrected chi connectivity index (χ1v) is 9.13. The van der Waals surface area contributed by atoms with Gasteiger partial charge in [-0.15, -0.1) is 0 Å². The van der Waals surface area contributed by atoms with Crippen molar-refractivity contribution >= 4 is 5.91 Å². The third-order valence-corrected chi connectivity index (χ3v) is 5.09. The molecule has 130 valence electrons. The molecule has 25 heavy (non-hydrogen) atoms. The van der Waals surface area contributed by atoms with Gasteiger partial charge in [0.25, 0.3) is 5.91 Å². The molecule has 0 spiro atoms. The summed E-state index contributed by atoms with van der Waals surface area (Å²) in [6.45, 7) is 4.37. The zero-order valence-electron chi connectivity index (χ0n) is 14.5. The molecule has 2 aromatic rings. The molecular formula is C21H24N2O2. The monoisotopic (exact) mass is 336 g/mol. The molecule has 2 aliphatic heterocycles. The third-order valence-electron chi connectivity index (χ3n) is 5.09. The van der Waals surface area contributed by atoms with Crippen molar-refractivity contribution in [2.24, 2.45) is 0 Å². The van der Waals surface area contributed by atoms with E-state index in [-0.39, 0.29) is 5.91 Å². The van der Waals surface area contributed by atoms with Gasteiger partial charge in [-0.1, -0.05) is 24.3 Å². The summed E-state index contributed by atoms with van der Waals surface area (Å²) >= 11 is 0. The molecule has 2 aliphatic rings. The van der Waals surface area contributed by atoms with Gasteiger partial charge in [-0.3, -0.25) is 9.69 Å². The van der Waals surface area contributed by atoms with Gasteiger partial charge in [-0.2, -0.15) is 0 Å². The number of ether oxygens (including phenoxy) is 1. The Morgan fingerprint density at radius 2 is 1.96 bits per heavy atom. The average Bonchev–Trinajstić information content (AvgIpc) is 2.67. The lowest BCUT2D eigenvalue weighted by molar-refractivity contribution is 0.0947. The minimum absolute atomic E-state index is 0.00535. The smallest absolute Gasteiger partial charge is 0.251 e. The van der Waals surface area contributed by atoms with Crippen LogP contribution in [-0.4, -0.2) is 37.0 Å². The van der Waals surface area contributed by atoms with Crippen molar-refractivity contribution in [2.45, 2.75) is 25.8 Å². The van der Waals surface area contributed by atoms with Gasteiger partial charge in [0.15, 0.2) is 0 Å². The minimum Gasteiger partial charge on any atom is -0.493 e. The number of nitrogens with one attached hydrogen (secondary N) is 1. The van der Waals surface area contributed by atoms with Crippen molar-refractivity contribution in [3.63, 3.8) is 0 Å². The molecule has 0 atom stereocenters. The molecule has 0 aromatic heterocycles. The number of carbonyl (C=O) groups excluding carboxylic acids is 1. The van der Waals surface area contributed by atoms with Gasteiger partial charge >= 0.3 is 0 Å². The Bertz CT molecular complexity index is 772. The summed E-state index contributed by atoms with van der Waals surface area (Å²) in [4.78, 5) is 14.8. The summed E-state index contributed by atoms with van der Waals surface area (Å²) in [6.07, 6.45) is 3.10. The zero-order chi connectivity index (χ0) is 17.1. The lowest BCUT2D eigenvalue weighted by Gasteiger charge is -2.28. The van der Waals surface area contributed by atoms with Crippen LogP contribution in [0.5, 0.6) is 5.75 Å². The fourth-order valence-corrected chi connectivity index (χ4v) is 3.68. The van der Waals surface area contributed by atoms with Crippen LogP contribution in [0.2, 0.25) is 0 Å². The summed E-state index contributed by atoms with van der Waals surface area (Å²) in [5.74, 6) is 0.931. The number of amides is 1. The first kappa shape index (κ1) is 16.2. The number of hydrogen-bond donors (Lipinski definition) is 1. The molecule has 0 saturated heterocycles. The van der Waals surface area contributed by atoms with Gasteiger partial charge in [0.2, 0.25) is 0 Å². The topological polar surface area (TPSA) is 41.6 Å². The largest absolute Gasteiger partial charge is 0.493 e. The van der Waals surface area contributed by atoms with Crippen molar-refractivity contribution in [3.05, 3.63) is 64.7 Å². The van der Waals surface area contributed by atoms with Crippen LogP contribution in [-0.2, 0) is 19.4 Å². The Labute approximate surface area is 148 Å². The van der Waals surface area contributed by atoms with Gasteiger partial charge in [0, 0.05) is 31.7 Å². The van der Waals surface area contributed by atoms with E-state index < -0.39 is 0 Å². The molecule has 4 nitrogen and oxygen atoms in total. The van der Waals surface area contributed by atoms with E-state index in [1.807, 2.05) is 18.2 Å². The van der Waals surface area contributed by atoms with Gasteiger partial charge in [0.05, 0.1) is 6.61 Å². The second kappa shape index (κ2) is 7.28. The minimum atomic E-state index is 0.00535. The van der Waals surface area contributed by atoms with E-state index in [9.17, 15) is 4.79 Å². The van der Waals surface area contributed by atoms with Gasteiger partial charge in [-0.05, 0) is 54.2 Å². The van der Waals surface area contributed by atoms with Crippen LogP contribution in [0.15, 0.2) is 42.5 Å². The van der Waals surface area contributed by atoms with E-state index in [1.54, 1.807) is 0 Å². The van der Waals surface area contributed by atoms with Crippen molar-refractivity contribution < 1.29 is 9.53 Å². The maximum Gasteiger partial charge on any atom is 0.251 e. The van der Waals surface area contributed by atoms with Crippen LogP contribution >= 0.6 is 0 Å². The van der Waals surface area contributed by atoms with E-state index in [4.69, 9.17) is 4.74 Å². The maximum absolute atomic E-state index is 12.4. The Hall–Kier alpha value is -2.33. The summed E-state index contributed by atoms with van der Waals surface area (Å²) in [5, 5.41) is 3.06. The predicted molar refractivity (Wildman–Crippen MR) is 98.0 cm³/mol. The molecule has 1 amide bonds. The molecule has 4 heteroatoms. The molecule has 2 heterocycles. The number of hydrogen-bond acceptors (Lipinski definition) is 3. The number of benzene rings is 2. The molecule has 2 aromatic carbocycles. The molecule has 4 rings (SSSR count). The summed E-state index contributed by atoms with van der Waals surface area (Å²) in [7, 11) is 0. The Kier molecular flexibility index (Phi) is 4.70. The Morgan fingerprint density at radius 1 is 1.08 bits per heavy atom. The standard InChI is InChI=1S/C21H24N2O2/c24-21(18-7-8-20-17(14-18)6-3-13-25-20)22-10-12-23-11-9-16-4-1-2-5-19(16)15-23/h1-2,4-5,7-8,14H,3,6,9-13,15H2,(H,22,24). The molecule has 1 N–H and O–H groups in total. The number of nitrogens with zero attached hydrogens (tertiary/aromatic N) is 1. The number of fused-ring (bicyclic) bond motifs is 2. The first-order valence-electron chi connectivity index (χ1n) is 9.13. The highest BCUT2D eigenvalue weighted by molar-refractivity contribution is 5.94. The summed E-state index contributed by atoms with van der Waals surface area (Å²) in [6, 6.07) is 14.4. The van der Waals surface area contributed by atoms with Crippen LogP contribution < -0.4 is 10.1 Å². The molecule has 0 bridgehead atoms. The van der Waals surface area contributed by atoms with Crippen LogP contribution in [0.4, 0.5) is 0 Å². The molecule has 0 aliphatic carbocycles. The SMILES string of the molecule is O=C(NCCN1CCc2ccccc2C1)c1ccc2c(c1)CCCO2. The highest BCUT2D eigenvalue weighted by Crippen LogP contribution is 2.25. The van der Waals surface area contributed by atoms with E-state index in [0.29, 0.717) is 6.54 Å². The number of carbonyl (C=O) groups is 1. The Morgan fingerprint density at radius 3 is 2.88 bits per heavy atom. The predicted octanol–water partition coefficient (Wildman–Crippen LogP) is 2.80. The van der Waals surface area contributed by atoms with Crippen molar-refractivity contribution in [2.75, 3.05) is 26.2 Å². The fraction of sp³-hybridized carbons (Fsp3) is 0.381. The molecule has 0 unspecified atom stereocenters. The van der Waals surface area contributed by atoms with Gasteiger partial charge < -0.3 is 10.1 Å². The summed E-state index contributed by atoms with van der Waals surface area (Å²) in [5.41, 5.74) is 4.74. The molecule has 0 saturated carbocycles. The first-order chi connectivity index (χ1) is 12.3. The third kappa shape index (κ3) is 3.69. The van der Waals surface area contributed by atoms with Crippen LogP contribution in [0.3, 0.4) is 0 Å². The van der Waals surface area contributed by atoms with Crippen LogP contribution in [0.25, 0.3) is 0 Å². The average molecular weight is 336 g/mol. The van der Waals surface area contributed by atoms with Crippen molar-refractivity contribution in [1.82, 2.24) is 10.2 Å². The highest BCUT2D eigenvalue weighted by atomic mass is 16.5. The fourth-order valence-electron chi connectivity index (χ4n) is 3.68. The van der Waals surface area contributed by atoms with Crippen LogP contribution in [0.1, 0.15) is 33.5 Å². The van der Waals surface area contributed by atoms with E-state index in [0.717, 1.165) is 62.4 Å². The van der Waals surface area contributed by atoms with Crippen molar-refractivity contribution in [3.8, 4) is 5.75 Å². The summed E-state index contributed by atoms with van der Waals surface area (Å²) < 4.78 is 5.61. The van der Waals surface area contributed by atoms with Gasteiger partial charge in [-0.25, -0.2) is 0 Å². The number of rotatable bonds is 4. The highest BCUT2D eigenvalue weighted by Gasteiger charge is 2.16. The van der Waals surface area contributed by atoms with E-state index in [2.05, 4.69) is 34.5 Å². The lowest BCUT2D eigenvalue weighted by atomic mass is 10.00. The molecular weight excluding hydrogens is 312 g/mol. The normalized spacial score (nSPS) is 16.5. The van der Waals surface area contributed by atoms with E-state index in [1.165, 1.54) is 11.1 Å². The molecule has 0 fully saturated rings. The Balaban J connectivity index is 1.30.